The number of alkyl carbamates (subject to hydrolysis) is 1. The largest absolute Gasteiger partial charge is 0.444 e. The van der Waals surface area contributed by atoms with Gasteiger partial charge in [-0.1, -0.05) is 61.9 Å². The van der Waals surface area contributed by atoms with Gasteiger partial charge < -0.3 is 20.3 Å². The van der Waals surface area contributed by atoms with Crippen molar-refractivity contribution < 1.29 is 19.1 Å². The van der Waals surface area contributed by atoms with Gasteiger partial charge in [-0.2, -0.15) is 12.6 Å². The van der Waals surface area contributed by atoms with Crippen molar-refractivity contribution in [2.24, 2.45) is 5.92 Å². The Morgan fingerprint density at radius 2 is 1.55 bits per heavy atom. The van der Waals surface area contributed by atoms with E-state index in [1.807, 2.05) is 70.2 Å². The smallest absolute Gasteiger partial charge is 0.408 e. The summed E-state index contributed by atoms with van der Waals surface area (Å²) in [5.41, 5.74) is 3.54. The molecule has 220 valence electrons. The summed E-state index contributed by atoms with van der Waals surface area (Å²) in [4.78, 5) is 42.8. The van der Waals surface area contributed by atoms with Gasteiger partial charge in [-0.3, -0.25) is 9.59 Å². The highest BCUT2D eigenvalue weighted by atomic mass is 32.1. The number of ether oxygens (including phenoxy) is 1. The standard InChI is InChI=1S/C32H47N3O4S/c1-20(2)16-17-24(6)35(30(37)26(19-40)33-31(38)39-32(7,8)9)28(25-15-10-12-21(3)18-25)29(36)34-27-22(4)13-11-14-23(27)5/h10-15,18,20,24,26,28,40H,16-17,19H2,1-9H3,(H,33,38)(H,34,36). The van der Waals surface area contributed by atoms with Crippen molar-refractivity contribution >= 4 is 36.2 Å². The number of hydrogen-bond donors (Lipinski definition) is 3. The van der Waals surface area contributed by atoms with E-state index in [0.717, 1.165) is 28.8 Å². The van der Waals surface area contributed by atoms with Crippen LogP contribution in [-0.4, -0.2) is 46.2 Å². The van der Waals surface area contributed by atoms with Gasteiger partial charge in [0.15, 0.2) is 0 Å². The normalized spacial score (nSPS) is 13.8. The minimum absolute atomic E-state index is 0.0462. The van der Waals surface area contributed by atoms with E-state index in [4.69, 9.17) is 4.74 Å². The van der Waals surface area contributed by atoms with Crippen LogP contribution in [0, 0.1) is 26.7 Å². The van der Waals surface area contributed by atoms with E-state index in [0.29, 0.717) is 17.9 Å². The summed E-state index contributed by atoms with van der Waals surface area (Å²) in [5.74, 6) is -0.242. The number of nitrogens with zero attached hydrogens (tertiary/aromatic N) is 1. The van der Waals surface area contributed by atoms with Crippen LogP contribution in [0.4, 0.5) is 10.5 Å². The Bertz CT molecular complexity index is 1150. The molecule has 2 N–H and O–H groups in total. The second-order valence-electron chi connectivity index (χ2n) is 12.0. The molecule has 0 fully saturated rings. The van der Waals surface area contributed by atoms with E-state index in [2.05, 4.69) is 37.1 Å². The van der Waals surface area contributed by atoms with Crippen LogP contribution in [0.3, 0.4) is 0 Å². The molecule has 0 spiro atoms. The van der Waals surface area contributed by atoms with Crippen molar-refractivity contribution in [2.75, 3.05) is 11.1 Å². The van der Waals surface area contributed by atoms with Crippen LogP contribution in [0.25, 0.3) is 0 Å². The van der Waals surface area contributed by atoms with E-state index in [9.17, 15) is 14.4 Å². The molecule has 0 aromatic heterocycles. The van der Waals surface area contributed by atoms with E-state index in [1.54, 1.807) is 25.7 Å². The molecule has 2 aromatic rings. The highest BCUT2D eigenvalue weighted by Gasteiger charge is 2.38. The van der Waals surface area contributed by atoms with E-state index < -0.39 is 23.8 Å². The van der Waals surface area contributed by atoms with Gasteiger partial charge in [-0.15, -0.1) is 0 Å². The van der Waals surface area contributed by atoms with Crippen molar-refractivity contribution in [2.45, 2.75) is 98.9 Å². The van der Waals surface area contributed by atoms with Crippen LogP contribution < -0.4 is 10.6 Å². The maximum atomic E-state index is 14.3. The second-order valence-corrected chi connectivity index (χ2v) is 12.4. The molecule has 3 unspecified atom stereocenters. The minimum atomic E-state index is -0.986. The zero-order chi connectivity index (χ0) is 30.2. The third-order valence-electron chi connectivity index (χ3n) is 6.68. The molecule has 0 aliphatic heterocycles. The lowest BCUT2D eigenvalue weighted by atomic mass is 9.96. The fraction of sp³-hybridized carbons (Fsp3) is 0.531. The summed E-state index contributed by atoms with van der Waals surface area (Å²) in [6, 6.07) is 11.3. The number of thiol groups is 1. The summed E-state index contributed by atoms with van der Waals surface area (Å²) < 4.78 is 5.42. The Kier molecular flexibility index (Phi) is 12.1. The predicted molar refractivity (Wildman–Crippen MR) is 166 cm³/mol. The maximum absolute atomic E-state index is 14.3. The van der Waals surface area contributed by atoms with Gasteiger partial charge in [0.05, 0.1) is 0 Å². The van der Waals surface area contributed by atoms with Crippen molar-refractivity contribution in [3.8, 4) is 0 Å². The molecular formula is C32H47N3O4S. The number of para-hydroxylation sites is 1. The van der Waals surface area contributed by atoms with Gasteiger partial charge in [0, 0.05) is 17.5 Å². The number of rotatable bonds is 11. The zero-order valence-electron chi connectivity index (χ0n) is 25.5. The first kappa shape index (κ1) is 33.2. The van der Waals surface area contributed by atoms with Crippen LogP contribution in [0.2, 0.25) is 0 Å². The molecule has 0 aliphatic rings. The number of carbonyl (C=O) groups excluding carboxylic acids is 3. The number of benzene rings is 2. The average molecular weight is 570 g/mol. The molecular weight excluding hydrogens is 522 g/mol. The van der Waals surface area contributed by atoms with Gasteiger partial charge in [0.2, 0.25) is 5.91 Å². The van der Waals surface area contributed by atoms with Crippen molar-refractivity contribution in [3.63, 3.8) is 0 Å². The van der Waals surface area contributed by atoms with E-state index >= 15 is 0 Å². The first-order chi connectivity index (χ1) is 18.6. The quantitative estimate of drug-likeness (QED) is 0.261. The van der Waals surface area contributed by atoms with Gasteiger partial charge in [0.1, 0.15) is 17.7 Å². The van der Waals surface area contributed by atoms with Crippen LogP contribution in [0.1, 0.15) is 82.7 Å². The van der Waals surface area contributed by atoms with Gasteiger partial charge in [-0.05, 0) is 83.9 Å². The fourth-order valence-electron chi connectivity index (χ4n) is 4.61. The van der Waals surface area contributed by atoms with Crippen LogP contribution in [0.5, 0.6) is 0 Å². The lowest BCUT2D eigenvalue weighted by Crippen LogP contribution is -2.55. The van der Waals surface area contributed by atoms with Gasteiger partial charge in [-0.25, -0.2) is 4.79 Å². The molecule has 0 saturated carbocycles. The Morgan fingerprint density at radius 3 is 2.08 bits per heavy atom. The topological polar surface area (TPSA) is 87.7 Å². The molecule has 8 heteroatoms. The second kappa shape index (κ2) is 14.6. The number of amides is 3. The van der Waals surface area contributed by atoms with Gasteiger partial charge in [0.25, 0.3) is 5.91 Å². The van der Waals surface area contributed by atoms with Crippen molar-refractivity contribution in [1.29, 1.82) is 0 Å². The Balaban J connectivity index is 2.61. The Morgan fingerprint density at radius 1 is 0.950 bits per heavy atom. The first-order valence-corrected chi connectivity index (χ1v) is 14.6. The molecule has 3 amide bonds. The van der Waals surface area contributed by atoms with Crippen LogP contribution >= 0.6 is 12.6 Å². The fourth-order valence-corrected chi connectivity index (χ4v) is 4.86. The molecule has 0 radical (unpaired) electrons. The molecule has 2 rings (SSSR count). The number of nitrogens with one attached hydrogen (secondary N) is 2. The molecule has 7 nitrogen and oxygen atoms in total. The lowest BCUT2D eigenvalue weighted by molar-refractivity contribution is -0.143. The lowest BCUT2D eigenvalue weighted by Gasteiger charge is -2.38. The molecule has 40 heavy (non-hydrogen) atoms. The van der Waals surface area contributed by atoms with Crippen molar-refractivity contribution in [1.82, 2.24) is 10.2 Å². The monoisotopic (exact) mass is 569 g/mol. The summed E-state index contributed by atoms with van der Waals surface area (Å²) in [7, 11) is 0. The summed E-state index contributed by atoms with van der Waals surface area (Å²) in [5, 5.41) is 5.80. The highest BCUT2D eigenvalue weighted by molar-refractivity contribution is 7.80. The third kappa shape index (κ3) is 9.58. The van der Waals surface area contributed by atoms with Crippen molar-refractivity contribution in [3.05, 3.63) is 64.7 Å². The van der Waals surface area contributed by atoms with E-state index in [-0.39, 0.29) is 23.6 Å². The molecule has 2 aromatic carbocycles. The zero-order valence-corrected chi connectivity index (χ0v) is 26.4. The maximum Gasteiger partial charge on any atom is 0.408 e. The number of aryl methyl sites for hydroxylation is 3. The predicted octanol–water partition coefficient (Wildman–Crippen LogP) is 6.77. The summed E-state index contributed by atoms with van der Waals surface area (Å²) >= 11 is 4.40. The Hall–Kier alpha value is -3.00. The van der Waals surface area contributed by atoms with Crippen LogP contribution in [-0.2, 0) is 14.3 Å². The highest BCUT2D eigenvalue weighted by Crippen LogP contribution is 2.30. The molecule has 0 bridgehead atoms. The van der Waals surface area contributed by atoms with Gasteiger partial charge >= 0.3 is 6.09 Å². The first-order valence-electron chi connectivity index (χ1n) is 14.0. The molecule has 0 aliphatic carbocycles. The number of hydrogen-bond acceptors (Lipinski definition) is 5. The van der Waals surface area contributed by atoms with E-state index in [1.165, 1.54) is 0 Å². The number of carbonyl (C=O) groups is 3. The third-order valence-corrected chi connectivity index (χ3v) is 7.04. The van der Waals surface area contributed by atoms with Crippen LogP contribution in [0.15, 0.2) is 42.5 Å². The molecule has 3 atom stereocenters. The average Bonchev–Trinajstić information content (AvgIpc) is 2.85. The molecule has 0 saturated heterocycles. The summed E-state index contributed by atoms with van der Waals surface area (Å²) in [6.45, 7) is 17.3. The number of anilines is 1. The summed E-state index contributed by atoms with van der Waals surface area (Å²) in [6.07, 6.45) is 0.852. The Labute approximate surface area is 245 Å². The molecule has 0 heterocycles. The SMILES string of the molecule is Cc1cccc(C(C(=O)Nc2c(C)cccc2C)N(C(=O)C(CS)NC(=O)OC(C)(C)C)C(C)CCC(C)C)c1. The minimum Gasteiger partial charge on any atom is -0.444 e.